The van der Waals surface area contributed by atoms with Crippen molar-refractivity contribution in [3.63, 3.8) is 0 Å². The van der Waals surface area contributed by atoms with Crippen molar-refractivity contribution in [3.8, 4) is 6.07 Å². The molecule has 1 N–H and O–H groups in total. The molecule has 1 aromatic carbocycles. The normalized spacial score (nSPS) is 10.4. The summed E-state index contributed by atoms with van der Waals surface area (Å²) < 4.78 is 1.67. The van der Waals surface area contributed by atoms with Crippen LogP contribution in [-0.2, 0) is 7.05 Å². The van der Waals surface area contributed by atoms with Crippen LogP contribution in [0.3, 0.4) is 0 Å². The number of hydrogen-bond donors (Lipinski definition) is 1. The van der Waals surface area contributed by atoms with E-state index in [4.69, 9.17) is 0 Å². The van der Waals surface area contributed by atoms with Gasteiger partial charge in [0.1, 0.15) is 17.5 Å². The van der Waals surface area contributed by atoms with E-state index in [-0.39, 0.29) is 0 Å². The van der Waals surface area contributed by atoms with Crippen LogP contribution < -0.4 is 5.32 Å². The summed E-state index contributed by atoms with van der Waals surface area (Å²) in [5, 5.41) is 17.7. The molecule has 3 aromatic rings. The fraction of sp³-hybridized carbons (Fsp3) is 0.133. The second kappa shape index (κ2) is 4.67. The van der Waals surface area contributed by atoms with Gasteiger partial charge in [-0.2, -0.15) is 10.4 Å². The number of anilines is 2. The third-order valence-electron chi connectivity index (χ3n) is 3.19. The number of benzene rings is 1. The van der Waals surface area contributed by atoms with Gasteiger partial charge < -0.3 is 5.32 Å². The summed E-state index contributed by atoms with van der Waals surface area (Å²) >= 11 is 0. The van der Waals surface area contributed by atoms with Gasteiger partial charge in [-0.15, -0.1) is 0 Å². The highest BCUT2D eigenvalue weighted by molar-refractivity contribution is 5.82. The number of nitriles is 1. The Morgan fingerprint density at radius 2 is 2.10 bits per heavy atom. The monoisotopic (exact) mass is 263 g/mol. The lowest BCUT2D eigenvalue weighted by atomic mass is 10.2. The number of para-hydroxylation sites is 1. The maximum atomic E-state index is 9.20. The predicted molar refractivity (Wildman–Crippen MR) is 77.7 cm³/mol. The standard InChI is InChI=1S/C15H13N5/c1-10-13(8-16)15(20(2)19-10)18-12-7-11-5-3-4-6-14(11)17-9-12/h3-7,9,18H,1-2H3. The van der Waals surface area contributed by atoms with Crippen molar-refractivity contribution in [2.75, 3.05) is 5.32 Å². The molecule has 0 saturated carbocycles. The third-order valence-corrected chi connectivity index (χ3v) is 3.19. The second-order valence-electron chi connectivity index (χ2n) is 4.59. The Labute approximate surface area is 116 Å². The predicted octanol–water partition coefficient (Wildman–Crippen LogP) is 2.89. The second-order valence-corrected chi connectivity index (χ2v) is 4.59. The number of aromatic nitrogens is 3. The number of nitrogens with one attached hydrogen (secondary N) is 1. The third kappa shape index (κ3) is 1.97. The van der Waals surface area contributed by atoms with Crippen molar-refractivity contribution in [2.45, 2.75) is 6.92 Å². The molecule has 2 aromatic heterocycles. The van der Waals surface area contributed by atoms with Gasteiger partial charge in [0, 0.05) is 12.4 Å². The smallest absolute Gasteiger partial charge is 0.146 e. The number of rotatable bonds is 2. The lowest BCUT2D eigenvalue weighted by molar-refractivity contribution is 0.765. The van der Waals surface area contributed by atoms with Crippen LogP contribution in [0.2, 0.25) is 0 Å². The van der Waals surface area contributed by atoms with Crippen LogP contribution in [0.1, 0.15) is 11.3 Å². The number of fused-ring (bicyclic) bond motifs is 1. The minimum Gasteiger partial charge on any atom is -0.338 e. The van der Waals surface area contributed by atoms with E-state index in [0.29, 0.717) is 17.1 Å². The summed E-state index contributed by atoms with van der Waals surface area (Å²) in [4.78, 5) is 4.39. The van der Waals surface area contributed by atoms with Crippen LogP contribution in [0.4, 0.5) is 11.5 Å². The van der Waals surface area contributed by atoms with Gasteiger partial charge in [-0.1, -0.05) is 18.2 Å². The minimum absolute atomic E-state index is 0.556. The largest absolute Gasteiger partial charge is 0.338 e. The molecule has 0 saturated heterocycles. The molecule has 0 unspecified atom stereocenters. The fourth-order valence-corrected chi connectivity index (χ4v) is 2.21. The molecule has 0 aliphatic heterocycles. The van der Waals surface area contributed by atoms with Crippen molar-refractivity contribution >= 4 is 22.4 Å². The maximum Gasteiger partial charge on any atom is 0.146 e. The maximum absolute atomic E-state index is 9.20. The molecule has 5 heteroatoms. The molecule has 0 aliphatic rings. The Bertz CT molecular complexity index is 826. The van der Waals surface area contributed by atoms with Crippen molar-refractivity contribution < 1.29 is 0 Å². The molecule has 5 nitrogen and oxygen atoms in total. The van der Waals surface area contributed by atoms with Crippen molar-refractivity contribution in [1.29, 1.82) is 5.26 Å². The molecule has 3 rings (SSSR count). The Morgan fingerprint density at radius 1 is 1.30 bits per heavy atom. The summed E-state index contributed by atoms with van der Waals surface area (Å²) in [7, 11) is 1.81. The van der Waals surface area contributed by atoms with Gasteiger partial charge in [-0.25, -0.2) is 0 Å². The van der Waals surface area contributed by atoms with E-state index in [1.54, 1.807) is 10.9 Å². The van der Waals surface area contributed by atoms with Gasteiger partial charge >= 0.3 is 0 Å². The lowest BCUT2D eigenvalue weighted by Gasteiger charge is -2.07. The number of hydrogen-bond acceptors (Lipinski definition) is 4. The average molecular weight is 263 g/mol. The molecule has 0 bridgehead atoms. The van der Waals surface area contributed by atoms with Gasteiger partial charge in [0.25, 0.3) is 0 Å². The highest BCUT2D eigenvalue weighted by Gasteiger charge is 2.13. The van der Waals surface area contributed by atoms with E-state index in [0.717, 1.165) is 16.6 Å². The minimum atomic E-state index is 0.556. The molecular weight excluding hydrogens is 250 g/mol. The van der Waals surface area contributed by atoms with E-state index in [9.17, 15) is 5.26 Å². The van der Waals surface area contributed by atoms with E-state index >= 15 is 0 Å². The number of aryl methyl sites for hydroxylation is 2. The summed E-state index contributed by atoms with van der Waals surface area (Å²) in [6.07, 6.45) is 1.76. The summed E-state index contributed by atoms with van der Waals surface area (Å²) in [5.74, 6) is 0.682. The molecule has 0 atom stereocenters. The zero-order valence-corrected chi connectivity index (χ0v) is 11.3. The molecule has 0 amide bonds. The highest BCUT2D eigenvalue weighted by Crippen LogP contribution is 2.24. The van der Waals surface area contributed by atoms with Crippen molar-refractivity contribution in [3.05, 3.63) is 47.8 Å². The first-order valence-corrected chi connectivity index (χ1v) is 6.24. The van der Waals surface area contributed by atoms with E-state index in [1.165, 1.54) is 0 Å². The van der Waals surface area contributed by atoms with E-state index in [2.05, 4.69) is 21.5 Å². The average Bonchev–Trinajstić information content (AvgIpc) is 2.72. The van der Waals surface area contributed by atoms with Crippen LogP contribution in [0, 0.1) is 18.3 Å². The first-order chi connectivity index (χ1) is 9.69. The first kappa shape index (κ1) is 12.2. The van der Waals surface area contributed by atoms with Crippen LogP contribution >= 0.6 is 0 Å². The van der Waals surface area contributed by atoms with E-state index < -0.39 is 0 Å². The summed E-state index contributed by atoms with van der Waals surface area (Å²) in [6, 6.07) is 12.1. The van der Waals surface area contributed by atoms with Crippen LogP contribution in [0.5, 0.6) is 0 Å². The molecule has 98 valence electrons. The molecule has 0 fully saturated rings. The van der Waals surface area contributed by atoms with Crippen LogP contribution in [-0.4, -0.2) is 14.8 Å². The molecule has 2 heterocycles. The molecular formula is C15H13N5. The van der Waals surface area contributed by atoms with Crippen LogP contribution in [0.25, 0.3) is 10.9 Å². The Kier molecular flexibility index (Phi) is 2.84. The first-order valence-electron chi connectivity index (χ1n) is 6.24. The van der Waals surface area contributed by atoms with Crippen LogP contribution in [0.15, 0.2) is 36.5 Å². The van der Waals surface area contributed by atoms with Gasteiger partial charge in [0.2, 0.25) is 0 Å². The lowest BCUT2D eigenvalue weighted by Crippen LogP contribution is -2.00. The van der Waals surface area contributed by atoms with Gasteiger partial charge in [-0.05, 0) is 19.1 Å². The molecule has 0 aliphatic carbocycles. The Hall–Kier alpha value is -2.87. The fourth-order valence-electron chi connectivity index (χ4n) is 2.21. The van der Waals surface area contributed by atoms with Gasteiger partial charge in [0.05, 0.1) is 23.1 Å². The topological polar surface area (TPSA) is 66.5 Å². The zero-order valence-electron chi connectivity index (χ0n) is 11.3. The molecule has 20 heavy (non-hydrogen) atoms. The summed E-state index contributed by atoms with van der Waals surface area (Å²) in [6.45, 7) is 1.82. The quantitative estimate of drug-likeness (QED) is 0.772. The van der Waals surface area contributed by atoms with Gasteiger partial charge in [-0.3, -0.25) is 9.67 Å². The Morgan fingerprint density at radius 3 is 2.90 bits per heavy atom. The SMILES string of the molecule is Cc1nn(C)c(Nc2cnc3ccccc3c2)c1C#N. The number of nitrogens with zero attached hydrogens (tertiary/aromatic N) is 4. The zero-order chi connectivity index (χ0) is 14.1. The number of pyridine rings is 1. The molecule has 0 radical (unpaired) electrons. The van der Waals surface area contributed by atoms with Crippen molar-refractivity contribution in [2.24, 2.45) is 7.05 Å². The van der Waals surface area contributed by atoms with Gasteiger partial charge in [0.15, 0.2) is 0 Å². The Balaban J connectivity index is 2.04. The molecule has 0 spiro atoms. The highest BCUT2D eigenvalue weighted by atomic mass is 15.3. The van der Waals surface area contributed by atoms with Crippen molar-refractivity contribution in [1.82, 2.24) is 14.8 Å². The summed E-state index contributed by atoms with van der Waals surface area (Å²) in [5.41, 5.74) is 3.05. The van der Waals surface area contributed by atoms with E-state index in [1.807, 2.05) is 44.3 Å².